The Labute approximate surface area is 227 Å². The number of aromatic nitrogens is 2. The molecule has 1 N–H and O–H groups in total. The van der Waals surface area contributed by atoms with E-state index in [0.29, 0.717) is 29.5 Å². The predicted octanol–water partition coefficient (Wildman–Crippen LogP) is 7.61. The smallest absolute Gasteiger partial charge is 0.257 e. The van der Waals surface area contributed by atoms with Crippen LogP contribution in [0, 0.1) is 5.41 Å². The molecule has 2 aliphatic carbocycles. The van der Waals surface area contributed by atoms with Gasteiger partial charge in [-0.05, 0) is 86.1 Å². The third-order valence-electron chi connectivity index (χ3n) is 8.89. The molecule has 5 nitrogen and oxygen atoms in total. The number of nitrogens with zero attached hydrogens (tertiary/aromatic N) is 3. The number of nitrogens with one attached hydrogen (secondary N) is 1. The first-order valence-corrected chi connectivity index (χ1v) is 14.9. The standard InChI is InChI=1S/C30H36F2N4OS/c1-3-38-22-5-6-23(26(19-22)36-16-14-29(12-13-29)15-17-36)28(37)33-21-4-7-25-24(18-21)27(34-35(25)2)20-8-10-30(31,32)11-9-20/h4-7,18-20H,3,8-17H2,1-2H3,(H,33,37). The highest BCUT2D eigenvalue weighted by Gasteiger charge is 2.44. The molecule has 0 radical (unpaired) electrons. The number of aryl methyl sites for hydroxylation is 1. The number of hydrogen-bond donors (Lipinski definition) is 1. The molecule has 0 bridgehead atoms. The van der Waals surface area contributed by atoms with E-state index in [2.05, 4.69) is 23.2 Å². The fourth-order valence-electron chi connectivity index (χ4n) is 6.30. The summed E-state index contributed by atoms with van der Waals surface area (Å²) < 4.78 is 29.4. The monoisotopic (exact) mass is 538 g/mol. The number of rotatable bonds is 6. The molecule has 8 heteroatoms. The van der Waals surface area contributed by atoms with Gasteiger partial charge in [-0.2, -0.15) is 5.10 Å². The summed E-state index contributed by atoms with van der Waals surface area (Å²) in [6.45, 7) is 4.13. The lowest BCUT2D eigenvalue weighted by Gasteiger charge is -2.35. The first-order valence-electron chi connectivity index (χ1n) is 13.9. The minimum absolute atomic E-state index is 0.00773. The molecule has 3 fully saturated rings. The van der Waals surface area contributed by atoms with Crippen LogP contribution in [0.1, 0.15) is 80.3 Å². The summed E-state index contributed by atoms with van der Waals surface area (Å²) in [4.78, 5) is 17.2. The molecule has 3 aliphatic rings. The normalized spacial score (nSPS) is 20.7. The summed E-state index contributed by atoms with van der Waals surface area (Å²) in [6, 6.07) is 12.0. The van der Waals surface area contributed by atoms with E-state index < -0.39 is 5.92 Å². The number of hydrogen-bond acceptors (Lipinski definition) is 4. The van der Waals surface area contributed by atoms with Crippen LogP contribution in [0.3, 0.4) is 0 Å². The van der Waals surface area contributed by atoms with Gasteiger partial charge in [0.25, 0.3) is 5.91 Å². The molecule has 2 heterocycles. The topological polar surface area (TPSA) is 50.2 Å². The Hall–Kier alpha value is -2.61. The number of carbonyl (C=O) groups excluding carboxylic acids is 1. The minimum Gasteiger partial charge on any atom is -0.371 e. The maximum atomic E-state index is 13.8. The SMILES string of the molecule is CCSc1ccc(C(=O)Nc2ccc3c(c2)c(C2CCC(F)(F)CC2)nn3C)c(N2CCC3(CC2)CC3)c1. The van der Waals surface area contributed by atoms with Gasteiger partial charge in [-0.15, -0.1) is 11.8 Å². The highest BCUT2D eigenvalue weighted by molar-refractivity contribution is 7.99. The largest absolute Gasteiger partial charge is 0.371 e. The van der Waals surface area contributed by atoms with Gasteiger partial charge in [0, 0.05) is 54.9 Å². The van der Waals surface area contributed by atoms with Crippen LogP contribution in [0.25, 0.3) is 10.9 Å². The van der Waals surface area contributed by atoms with E-state index in [9.17, 15) is 13.6 Å². The Kier molecular flexibility index (Phi) is 6.65. The Morgan fingerprint density at radius 1 is 1.05 bits per heavy atom. The van der Waals surface area contributed by atoms with E-state index in [1.54, 1.807) is 11.8 Å². The number of alkyl halides is 2. The van der Waals surface area contributed by atoms with Gasteiger partial charge in [0.15, 0.2) is 0 Å². The van der Waals surface area contributed by atoms with Crippen molar-refractivity contribution in [1.82, 2.24) is 9.78 Å². The Morgan fingerprint density at radius 3 is 2.47 bits per heavy atom. The lowest BCUT2D eigenvalue weighted by Crippen LogP contribution is -2.35. The Bertz CT molecular complexity index is 1350. The maximum absolute atomic E-state index is 13.8. The van der Waals surface area contributed by atoms with E-state index in [-0.39, 0.29) is 24.7 Å². The Balaban J connectivity index is 1.26. The van der Waals surface area contributed by atoms with Crippen molar-refractivity contribution in [2.45, 2.75) is 75.0 Å². The second kappa shape index (κ2) is 9.85. The first-order chi connectivity index (χ1) is 18.3. The highest BCUT2D eigenvalue weighted by Crippen LogP contribution is 2.54. The van der Waals surface area contributed by atoms with Crippen molar-refractivity contribution in [2.24, 2.45) is 12.5 Å². The fourth-order valence-corrected chi connectivity index (χ4v) is 7.00. The van der Waals surface area contributed by atoms with Crippen molar-refractivity contribution in [3.05, 3.63) is 47.7 Å². The molecular weight excluding hydrogens is 502 g/mol. The van der Waals surface area contributed by atoms with Crippen LogP contribution >= 0.6 is 11.8 Å². The summed E-state index contributed by atoms with van der Waals surface area (Å²) >= 11 is 1.79. The van der Waals surface area contributed by atoms with Gasteiger partial charge < -0.3 is 10.2 Å². The van der Waals surface area contributed by atoms with E-state index in [1.165, 1.54) is 30.6 Å². The van der Waals surface area contributed by atoms with Crippen LogP contribution in [0.4, 0.5) is 20.2 Å². The van der Waals surface area contributed by atoms with Crippen molar-refractivity contribution in [3.8, 4) is 0 Å². The zero-order chi connectivity index (χ0) is 26.5. The first kappa shape index (κ1) is 25.7. The molecule has 1 aliphatic heterocycles. The quantitative estimate of drug-likeness (QED) is 0.328. The summed E-state index contributed by atoms with van der Waals surface area (Å²) in [7, 11) is 1.88. The van der Waals surface area contributed by atoms with Crippen LogP contribution in [0.5, 0.6) is 0 Å². The zero-order valence-electron chi connectivity index (χ0n) is 22.2. The highest BCUT2D eigenvalue weighted by atomic mass is 32.2. The molecule has 6 rings (SSSR count). The van der Waals surface area contributed by atoms with Gasteiger partial charge in [0.1, 0.15) is 0 Å². The molecule has 38 heavy (non-hydrogen) atoms. The van der Waals surface area contributed by atoms with Gasteiger partial charge in [0.05, 0.1) is 22.5 Å². The molecule has 1 saturated heterocycles. The zero-order valence-corrected chi connectivity index (χ0v) is 23.1. The van der Waals surface area contributed by atoms with Crippen molar-refractivity contribution in [1.29, 1.82) is 0 Å². The molecule has 0 unspecified atom stereocenters. The lowest BCUT2D eigenvalue weighted by atomic mass is 9.84. The van der Waals surface area contributed by atoms with Crippen molar-refractivity contribution in [2.75, 3.05) is 29.1 Å². The number of fused-ring (bicyclic) bond motifs is 1. The molecule has 2 aromatic carbocycles. The second-order valence-corrected chi connectivity index (χ2v) is 12.8. The molecule has 1 spiro atoms. The molecule has 3 aromatic rings. The molecule has 202 valence electrons. The van der Waals surface area contributed by atoms with Crippen LogP contribution in [-0.4, -0.2) is 40.5 Å². The van der Waals surface area contributed by atoms with E-state index >= 15 is 0 Å². The molecule has 0 atom stereocenters. The van der Waals surface area contributed by atoms with Crippen LogP contribution in [-0.2, 0) is 7.05 Å². The number of carbonyl (C=O) groups is 1. The third-order valence-corrected chi connectivity index (χ3v) is 9.76. The van der Waals surface area contributed by atoms with Crippen molar-refractivity contribution in [3.63, 3.8) is 0 Å². The average molecular weight is 539 g/mol. The second-order valence-electron chi connectivity index (χ2n) is 11.4. The van der Waals surface area contributed by atoms with Crippen molar-refractivity contribution >= 4 is 39.9 Å². The summed E-state index contributed by atoms with van der Waals surface area (Å²) in [5.41, 5.74) is 4.78. The Morgan fingerprint density at radius 2 is 1.79 bits per heavy atom. The molecular formula is C30H36F2N4OS. The maximum Gasteiger partial charge on any atom is 0.257 e. The van der Waals surface area contributed by atoms with E-state index in [0.717, 1.165) is 41.1 Å². The number of amides is 1. The minimum atomic E-state index is -2.57. The van der Waals surface area contributed by atoms with Crippen LogP contribution in [0.2, 0.25) is 0 Å². The number of thioether (sulfide) groups is 1. The van der Waals surface area contributed by atoms with Gasteiger partial charge in [-0.25, -0.2) is 8.78 Å². The van der Waals surface area contributed by atoms with Crippen molar-refractivity contribution < 1.29 is 13.6 Å². The summed E-state index contributed by atoms with van der Waals surface area (Å²) in [5, 5.41) is 8.77. The summed E-state index contributed by atoms with van der Waals surface area (Å²) in [5.74, 6) is -1.70. The number of benzene rings is 2. The van der Waals surface area contributed by atoms with Crippen LogP contribution in [0.15, 0.2) is 41.3 Å². The molecule has 2 saturated carbocycles. The van der Waals surface area contributed by atoms with Gasteiger partial charge in [0.2, 0.25) is 5.92 Å². The molecule has 1 amide bonds. The molecule has 1 aromatic heterocycles. The van der Waals surface area contributed by atoms with Gasteiger partial charge >= 0.3 is 0 Å². The van der Waals surface area contributed by atoms with Crippen LogP contribution < -0.4 is 10.2 Å². The summed E-state index contributed by atoms with van der Waals surface area (Å²) in [6.07, 6.45) is 5.76. The number of piperidine rings is 1. The number of anilines is 2. The van der Waals surface area contributed by atoms with Gasteiger partial charge in [-0.3, -0.25) is 9.48 Å². The average Bonchev–Trinajstić information content (AvgIpc) is 3.58. The van der Waals surface area contributed by atoms with E-state index in [4.69, 9.17) is 5.10 Å². The number of halogens is 2. The van der Waals surface area contributed by atoms with E-state index in [1.807, 2.05) is 42.1 Å². The predicted molar refractivity (Wildman–Crippen MR) is 151 cm³/mol. The van der Waals surface area contributed by atoms with Gasteiger partial charge in [-0.1, -0.05) is 6.92 Å². The lowest BCUT2D eigenvalue weighted by molar-refractivity contribution is -0.0384. The third kappa shape index (κ3) is 5.04. The fraction of sp³-hybridized carbons (Fsp3) is 0.533.